The summed E-state index contributed by atoms with van der Waals surface area (Å²) in [6.07, 6.45) is -1.02. The molecule has 0 fully saturated rings. The molecule has 0 bridgehead atoms. The normalized spacial score (nSPS) is 11.8. The third kappa shape index (κ3) is 5.42. The fourth-order valence-corrected chi connectivity index (χ4v) is 3.99. The van der Waals surface area contributed by atoms with Crippen LogP contribution in [0.1, 0.15) is 13.8 Å². The van der Waals surface area contributed by atoms with Gasteiger partial charge in [0.05, 0.1) is 10.6 Å². The minimum atomic E-state index is -1.02. The molecule has 0 saturated heterocycles. The van der Waals surface area contributed by atoms with Gasteiger partial charge in [0.15, 0.2) is 17.1 Å². The molecule has 1 unspecified atom stereocenters. The van der Waals surface area contributed by atoms with Crippen molar-refractivity contribution in [1.82, 2.24) is 14.8 Å². The predicted octanol–water partition coefficient (Wildman–Crippen LogP) is 3.83. The fraction of sp³-hybridized carbons (Fsp3) is 0.263. The van der Waals surface area contributed by atoms with Gasteiger partial charge in [-0.2, -0.15) is 0 Å². The molecule has 1 N–H and O–H groups in total. The number of carbonyl (C=O) groups excluding carboxylic acids is 2. The zero-order valence-electron chi connectivity index (χ0n) is 15.8. The first-order chi connectivity index (χ1) is 14.0. The van der Waals surface area contributed by atoms with Gasteiger partial charge < -0.3 is 14.6 Å². The van der Waals surface area contributed by atoms with Crippen LogP contribution >= 0.6 is 23.1 Å². The average Bonchev–Trinajstić information content (AvgIpc) is 3.35. The summed E-state index contributed by atoms with van der Waals surface area (Å²) in [7, 11) is 0. The number of ether oxygens (including phenoxy) is 1. The van der Waals surface area contributed by atoms with E-state index in [4.69, 9.17) is 4.74 Å². The van der Waals surface area contributed by atoms with E-state index in [9.17, 15) is 14.0 Å². The summed E-state index contributed by atoms with van der Waals surface area (Å²) in [5.74, 6) is -0.821. The lowest BCUT2D eigenvalue weighted by atomic mass is 10.3. The van der Waals surface area contributed by atoms with Gasteiger partial charge in [-0.25, -0.2) is 4.39 Å². The summed E-state index contributed by atoms with van der Waals surface area (Å²) in [6, 6.07) is 9.39. The number of amides is 1. The van der Waals surface area contributed by atoms with Crippen molar-refractivity contribution < 1.29 is 18.7 Å². The summed E-state index contributed by atoms with van der Waals surface area (Å²) >= 11 is 2.76. The maximum atomic E-state index is 13.2. The Labute approximate surface area is 175 Å². The number of carbonyl (C=O) groups is 2. The lowest BCUT2D eigenvalue weighted by molar-refractivity contribution is -0.150. The number of thioether (sulfide) groups is 1. The van der Waals surface area contributed by atoms with Crippen LogP contribution in [0.4, 0.5) is 10.1 Å². The molecule has 0 aliphatic heterocycles. The number of hydrogen-bond donors (Lipinski definition) is 1. The van der Waals surface area contributed by atoms with Gasteiger partial charge in [-0.05, 0) is 43.5 Å². The Morgan fingerprint density at radius 1 is 1.31 bits per heavy atom. The van der Waals surface area contributed by atoms with Crippen LogP contribution in [0.2, 0.25) is 0 Å². The first kappa shape index (κ1) is 21.0. The first-order valence-electron chi connectivity index (χ1n) is 8.83. The van der Waals surface area contributed by atoms with Gasteiger partial charge in [-0.1, -0.05) is 23.9 Å². The number of aromatic nitrogens is 3. The van der Waals surface area contributed by atoms with Crippen LogP contribution in [0.25, 0.3) is 10.7 Å². The van der Waals surface area contributed by atoms with Crippen molar-refractivity contribution in [2.24, 2.45) is 0 Å². The van der Waals surface area contributed by atoms with E-state index < -0.39 is 23.8 Å². The zero-order chi connectivity index (χ0) is 20.8. The molecule has 2 heterocycles. The van der Waals surface area contributed by atoms with Crippen LogP contribution in [-0.2, 0) is 20.9 Å². The Hall–Kier alpha value is -2.72. The van der Waals surface area contributed by atoms with Crippen molar-refractivity contribution >= 4 is 40.7 Å². The molecule has 7 nitrogen and oxygen atoms in total. The number of benzene rings is 1. The van der Waals surface area contributed by atoms with Crippen molar-refractivity contribution in [2.75, 3.05) is 11.1 Å². The second kappa shape index (κ2) is 9.66. The van der Waals surface area contributed by atoms with Crippen molar-refractivity contribution in [2.45, 2.75) is 31.7 Å². The second-order valence-electron chi connectivity index (χ2n) is 5.95. The molecule has 152 valence electrons. The van der Waals surface area contributed by atoms with Gasteiger partial charge in [0.1, 0.15) is 5.82 Å². The Balaban J connectivity index is 1.54. The molecule has 3 aromatic rings. The SMILES string of the molecule is CCn1c(SCC(=O)OC(C)C(=O)Nc2cccc(F)c2)nnc1-c1cccs1. The number of rotatable bonds is 8. The van der Waals surface area contributed by atoms with E-state index in [2.05, 4.69) is 15.5 Å². The lowest BCUT2D eigenvalue weighted by Crippen LogP contribution is -2.30. The Morgan fingerprint density at radius 3 is 2.83 bits per heavy atom. The van der Waals surface area contributed by atoms with E-state index in [1.54, 1.807) is 17.4 Å². The molecule has 29 heavy (non-hydrogen) atoms. The summed E-state index contributed by atoms with van der Waals surface area (Å²) in [4.78, 5) is 25.3. The molecule has 0 aliphatic carbocycles. The molecule has 10 heteroatoms. The van der Waals surface area contributed by atoms with Crippen LogP contribution in [-0.4, -0.2) is 38.5 Å². The number of halogens is 1. The number of hydrogen-bond acceptors (Lipinski definition) is 7. The van der Waals surface area contributed by atoms with Gasteiger partial charge in [-0.15, -0.1) is 21.5 Å². The number of thiophene rings is 1. The minimum absolute atomic E-state index is 0.0137. The third-order valence-corrected chi connectivity index (χ3v) is 5.67. The lowest BCUT2D eigenvalue weighted by Gasteiger charge is -2.13. The summed E-state index contributed by atoms with van der Waals surface area (Å²) in [5.41, 5.74) is 0.296. The largest absolute Gasteiger partial charge is 0.452 e. The molecule has 0 spiro atoms. The highest BCUT2D eigenvalue weighted by molar-refractivity contribution is 7.99. The van der Waals surface area contributed by atoms with Gasteiger partial charge in [0, 0.05) is 12.2 Å². The van der Waals surface area contributed by atoms with Gasteiger partial charge in [0.25, 0.3) is 5.91 Å². The molecule has 0 saturated carbocycles. The van der Waals surface area contributed by atoms with Crippen molar-refractivity contribution in [3.8, 4) is 10.7 Å². The molecular formula is C19H19FN4O3S2. The molecular weight excluding hydrogens is 415 g/mol. The topological polar surface area (TPSA) is 86.1 Å². The third-order valence-electron chi connectivity index (χ3n) is 3.86. The van der Waals surface area contributed by atoms with E-state index in [1.807, 2.05) is 29.0 Å². The van der Waals surface area contributed by atoms with E-state index in [0.717, 1.165) is 10.7 Å². The number of nitrogens with zero attached hydrogens (tertiary/aromatic N) is 3. The smallest absolute Gasteiger partial charge is 0.317 e. The van der Waals surface area contributed by atoms with E-state index in [0.29, 0.717) is 17.4 Å². The van der Waals surface area contributed by atoms with Gasteiger partial charge in [0.2, 0.25) is 0 Å². The highest BCUT2D eigenvalue weighted by Crippen LogP contribution is 2.27. The molecule has 0 radical (unpaired) electrons. The maximum Gasteiger partial charge on any atom is 0.317 e. The zero-order valence-corrected chi connectivity index (χ0v) is 17.4. The van der Waals surface area contributed by atoms with E-state index in [-0.39, 0.29) is 5.75 Å². The Bertz CT molecular complexity index is 991. The number of anilines is 1. The van der Waals surface area contributed by atoms with E-state index >= 15 is 0 Å². The molecule has 3 rings (SSSR count). The van der Waals surface area contributed by atoms with Gasteiger partial charge in [-0.3, -0.25) is 9.59 Å². The van der Waals surface area contributed by atoms with Crippen molar-refractivity contribution in [3.05, 3.63) is 47.6 Å². The van der Waals surface area contributed by atoms with E-state index in [1.165, 1.54) is 36.9 Å². The highest BCUT2D eigenvalue weighted by atomic mass is 32.2. The second-order valence-corrected chi connectivity index (χ2v) is 7.84. The van der Waals surface area contributed by atoms with Gasteiger partial charge >= 0.3 is 5.97 Å². The highest BCUT2D eigenvalue weighted by Gasteiger charge is 2.20. The molecule has 1 atom stereocenters. The standard InChI is InChI=1S/C19H19FN4O3S2/c1-3-24-17(15-8-5-9-28-15)22-23-19(24)29-11-16(25)27-12(2)18(26)21-14-7-4-6-13(20)10-14/h4-10,12H,3,11H2,1-2H3,(H,21,26). The predicted molar refractivity (Wildman–Crippen MR) is 110 cm³/mol. The van der Waals surface area contributed by atoms with Crippen molar-refractivity contribution in [3.63, 3.8) is 0 Å². The summed E-state index contributed by atoms with van der Waals surface area (Å²) < 4.78 is 20.3. The Kier molecular flexibility index (Phi) is 6.99. The molecule has 1 amide bonds. The monoisotopic (exact) mass is 434 g/mol. The average molecular weight is 435 g/mol. The summed E-state index contributed by atoms with van der Waals surface area (Å²) in [6.45, 7) is 4.09. The summed E-state index contributed by atoms with van der Waals surface area (Å²) in [5, 5.41) is 13.4. The van der Waals surface area contributed by atoms with Crippen LogP contribution in [0.3, 0.4) is 0 Å². The van der Waals surface area contributed by atoms with Crippen LogP contribution in [0.15, 0.2) is 46.9 Å². The van der Waals surface area contributed by atoms with Crippen LogP contribution in [0.5, 0.6) is 0 Å². The molecule has 0 aliphatic rings. The number of esters is 1. The Morgan fingerprint density at radius 2 is 2.14 bits per heavy atom. The fourth-order valence-electron chi connectivity index (χ4n) is 2.49. The van der Waals surface area contributed by atoms with Crippen molar-refractivity contribution in [1.29, 1.82) is 0 Å². The number of nitrogens with one attached hydrogen (secondary N) is 1. The molecule has 1 aromatic carbocycles. The quantitative estimate of drug-likeness (QED) is 0.428. The first-order valence-corrected chi connectivity index (χ1v) is 10.7. The minimum Gasteiger partial charge on any atom is -0.452 e. The molecule has 2 aromatic heterocycles. The maximum absolute atomic E-state index is 13.2. The van der Waals surface area contributed by atoms with Crippen LogP contribution in [0, 0.1) is 5.82 Å². The van der Waals surface area contributed by atoms with Crippen LogP contribution < -0.4 is 5.32 Å².